The Morgan fingerprint density at radius 2 is 1.26 bits per heavy atom. The molecule has 0 radical (unpaired) electrons. The summed E-state index contributed by atoms with van der Waals surface area (Å²) < 4.78 is 126. The van der Waals surface area contributed by atoms with Gasteiger partial charge < -0.3 is 0 Å². The van der Waals surface area contributed by atoms with Gasteiger partial charge in [-0.3, -0.25) is 0 Å². The van der Waals surface area contributed by atoms with Crippen molar-refractivity contribution in [1.29, 1.82) is 0 Å². The molecule has 0 atom stereocenters. The first-order chi connectivity index (χ1) is 10.2. The molecule has 0 aliphatic rings. The Hall–Kier alpha value is -1.16. The van der Waals surface area contributed by atoms with E-state index in [1.54, 1.807) is 0 Å². The van der Waals surface area contributed by atoms with Crippen LogP contribution in [0.1, 0.15) is 5.56 Å². The normalized spacial score (nSPS) is 14.0. The van der Waals surface area contributed by atoms with Crippen molar-refractivity contribution in [2.75, 3.05) is 0 Å². The molecule has 0 saturated heterocycles. The molecule has 1 nitrogen and oxygen atoms in total. The maximum absolute atomic E-state index is 13.1. The summed E-state index contributed by atoms with van der Waals surface area (Å²) in [5.74, 6) is -6.86. The van der Waals surface area contributed by atoms with E-state index in [4.69, 9.17) is 0 Å². The third kappa shape index (κ3) is 5.17. The Bertz CT molecular complexity index is 519. The van der Waals surface area contributed by atoms with Gasteiger partial charge in [-0.1, -0.05) is 0 Å². The van der Waals surface area contributed by atoms with E-state index in [2.05, 4.69) is 4.74 Å². The SMILES string of the molecule is FC(F)(F)Oc1ccc(C[Se]C(F)(F)C(F)(F)C(F)(F)F)cc1. The van der Waals surface area contributed by atoms with Crippen LogP contribution in [-0.2, 0) is 5.32 Å². The maximum atomic E-state index is 13.1. The average Bonchev–Trinajstić information content (AvgIpc) is 2.34. The van der Waals surface area contributed by atoms with Crippen molar-refractivity contribution < 1.29 is 48.6 Å². The van der Waals surface area contributed by atoms with E-state index in [1.807, 2.05) is 0 Å². The van der Waals surface area contributed by atoms with Crippen molar-refractivity contribution in [2.24, 2.45) is 0 Å². The molecule has 0 aliphatic carbocycles. The Morgan fingerprint density at radius 3 is 1.65 bits per heavy atom. The predicted octanol–water partition coefficient (Wildman–Crippen LogP) is 4.58. The first-order valence-corrected chi connectivity index (χ1v) is 7.53. The standard InChI is InChI=1S/C11H6F10OSe/c12-8(13,9(14,15)16)10(17,18)23-5-6-1-3-7(4-2-6)22-11(19,20)21/h1-4H,5H2. The van der Waals surface area contributed by atoms with Gasteiger partial charge in [-0.25, -0.2) is 0 Å². The molecule has 0 fully saturated rings. The second kappa shape index (κ2) is 6.39. The first-order valence-electron chi connectivity index (χ1n) is 5.47. The molecule has 0 spiro atoms. The number of rotatable bonds is 5. The van der Waals surface area contributed by atoms with Gasteiger partial charge in [0.2, 0.25) is 0 Å². The molecule has 23 heavy (non-hydrogen) atoms. The van der Waals surface area contributed by atoms with Crippen LogP contribution in [-0.4, -0.2) is 38.2 Å². The fourth-order valence-electron chi connectivity index (χ4n) is 1.22. The third-order valence-electron chi connectivity index (χ3n) is 2.30. The zero-order chi connectivity index (χ0) is 18.1. The summed E-state index contributed by atoms with van der Waals surface area (Å²) in [4.78, 5) is -5.29. The zero-order valence-corrected chi connectivity index (χ0v) is 12.3. The van der Waals surface area contributed by atoms with E-state index in [1.165, 1.54) is 0 Å². The fraction of sp³-hybridized carbons (Fsp3) is 0.455. The third-order valence-corrected chi connectivity index (χ3v) is 4.60. The zero-order valence-electron chi connectivity index (χ0n) is 10.6. The van der Waals surface area contributed by atoms with Crippen LogP contribution < -0.4 is 4.74 Å². The quantitative estimate of drug-likeness (QED) is 0.498. The number of halogens is 10. The Kier molecular flexibility index (Phi) is 5.52. The molecular weight excluding hydrogens is 417 g/mol. The van der Waals surface area contributed by atoms with Crippen molar-refractivity contribution in [3.8, 4) is 5.75 Å². The molecule has 1 rings (SSSR count). The number of hydrogen-bond donors (Lipinski definition) is 0. The van der Waals surface area contributed by atoms with Crippen LogP contribution in [0.15, 0.2) is 24.3 Å². The van der Waals surface area contributed by atoms with Crippen LogP contribution in [0.25, 0.3) is 0 Å². The van der Waals surface area contributed by atoms with Gasteiger partial charge in [-0.2, -0.15) is 0 Å². The summed E-state index contributed by atoms with van der Waals surface area (Å²) in [6, 6.07) is 3.20. The molecule has 0 unspecified atom stereocenters. The summed E-state index contributed by atoms with van der Waals surface area (Å²) in [6.45, 7) is 0. The van der Waals surface area contributed by atoms with Gasteiger partial charge in [0, 0.05) is 0 Å². The van der Waals surface area contributed by atoms with E-state index in [0.29, 0.717) is 0 Å². The Labute approximate surface area is 128 Å². The van der Waals surface area contributed by atoms with Crippen molar-refractivity contribution >= 4 is 15.0 Å². The minimum atomic E-state index is -6.40. The molecule has 0 saturated carbocycles. The van der Waals surface area contributed by atoms with Gasteiger partial charge in [-0.05, 0) is 0 Å². The van der Waals surface area contributed by atoms with Crippen molar-refractivity contribution in [3.05, 3.63) is 29.8 Å². The van der Waals surface area contributed by atoms with E-state index in [-0.39, 0.29) is 5.56 Å². The van der Waals surface area contributed by atoms with Crippen LogP contribution in [0.3, 0.4) is 0 Å². The first kappa shape index (κ1) is 19.9. The molecule has 0 aromatic heterocycles. The second-order valence-electron chi connectivity index (χ2n) is 4.07. The number of hydrogen-bond acceptors (Lipinski definition) is 1. The van der Waals surface area contributed by atoms with E-state index >= 15 is 0 Å². The number of alkyl halides is 10. The van der Waals surface area contributed by atoms with Crippen LogP contribution in [0, 0.1) is 0 Å². The van der Waals surface area contributed by atoms with Gasteiger partial charge in [-0.15, -0.1) is 0 Å². The molecule has 0 amide bonds. The van der Waals surface area contributed by atoms with E-state index in [0.717, 1.165) is 24.3 Å². The van der Waals surface area contributed by atoms with E-state index in [9.17, 15) is 43.9 Å². The molecule has 1 aromatic rings. The molecule has 0 N–H and O–H groups in total. The molecule has 0 heterocycles. The topological polar surface area (TPSA) is 9.23 Å². The fourth-order valence-corrected chi connectivity index (χ4v) is 2.97. The minimum absolute atomic E-state index is 0.128. The van der Waals surface area contributed by atoms with Gasteiger partial charge in [0.25, 0.3) is 0 Å². The van der Waals surface area contributed by atoms with Crippen LogP contribution in [0.4, 0.5) is 43.9 Å². The Balaban J connectivity index is 2.75. The Morgan fingerprint density at radius 1 is 0.783 bits per heavy atom. The summed E-state index contributed by atoms with van der Waals surface area (Å²) in [6.07, 6.45) is -11.4. The summed E-state index contributed by atoms with van der Waals surface area (Å²) in [5, 5.41) is -0.835. The van der Waals surface area contributed by atoms with Crippen molar-refractivity contribution in [2.45, 2.75) is 28.6 Å². The molecule has 1 aromatic carbocycles. The van der Waals surface area contributed by atoms with E-state index < -0.39 is 49.3 Å². The number of ether oxygens (including phenoxy) is 1. The summed E-state index contributed by atoms with van der Waals surface area (Å²) in [5.41, 5.74) is -0.128. The summed E-state index contributed by atoms with van der Waals surface area (Å²) >= 11 is -2.47. The van der Waals surface area contributed by atoms with Gasteiger partial charge in [0.05, 0.1) is 0 Å². The molecular formula is C11H6F10OSe. The van der Waals surface area contributed by atoms with Gasteiger partial charge in [0.1, 0.15) is 0 Å². The number of benzene rings is 1. The predicted molar refractivity (Wildman–Crippen MR) is 58.5 cm³/mol. The molecule has 0 aliphatic heterocycles. The average molecular weight is 423 g/mol. The monoisotopic (exact) mass is 424 g/mol. The second-order valence-corrected chi connectivity index (χ2v) is 6.36. The van der Waals surface area contributed by atoms with Gasteiger partial charge in [0.15, 0.2) is 0 Å². The van der Waals surface area contributed by atoms with Crippen molar-refractivity contribution in [3.63, 3.8) is 0 Å². The van der Waals surface area contributed by atoms with Crippen LogP contribution in [0.5, 0.6) is 5.75 Å². The summed E-state index contributed by atoms with van der Waals surface area (Å²) in [7, 11) is 0. The molecule has 132 valence electrons. The molecule has 12 heteroatoms. The molecule has 0 bridgehead atoms. The van der Waals surface area contributed by atoms with Crippen molar-refractivity contribution in [1.82, 2.24) is 0 Å². The van der Waals surface area contributed by atoms with Crippen LogP contribution in [0.2, 0.25) is 0 Å². The van der Waals surface area contributed by atoms with Crippen LogP contribution >= 0.6 is 0 Å². The van der Waals surface area contributed by atoms with Gasteiger partial charge >= 0.3 is 128 Å².